The minimum Gasteiger partial charge on any atom is -0.391 e. The Hall–Kier alpha value is -0.240. The highest BCUT2D eigenvalue weighted by Crippen LogP contribution is 2.05. The molecular formula is C10H22N2O4. The van der Waals surface area contributed by atoms with E-state index in [0.29, 0.717) is 6.04 Å². The summed E-state index contributed by atoms with van der Waals surface area (Å²) in [6.07, 6.45) is -3.80. The van der Waals surface area contributed by atoms with Crippen molar-refractivity contribution < 1.29 is 20.4 Å². The molecular weight excluding hydrogens is 212 g/mol. The minimum atomic E-state index is -1.33. The molecule has 1 aliphatic rings. The molecule has 0 saturated carbocycles. The molecule has 0 amide bonds. The van der Waals surface area contributed by atoms with E-state index in [4.69, 9.17) is 5.11 Å². The maximum atomic E-state index is 9.59. The molecule has 1 unspecified atom stereocenters. The van der Waals surface area contributed by atoms with Crippen LogP contribution in [0, 0.1) is 0 Å². The van der Waals surface area contributed by atoms with Gasteiger partial charge in [-0.2, -0.15) is 0 Å². The Balaban J connectivity index is 2.24. The van der Waals surface area contributed by atoms with E-state index in [-0.39, 0.29) is 6.54 Å². The van der Waals surface area contributed by atoms with Crippen molar-refractivity contribution in [2.45, 2.75) is 43.8 Å². The Labute approximate surface area is 95.3 Å². The van der Waals surface area contributed by atoms with Crippen molar-refractivity contribution in [2.24, 2.45) is 0 Å². The molecule has 0 aromatic heterocycles. The number of aliphatic hydroxyl groups excluding tert-OH is 4. The van der Waals surface area contributed by atoms with Crippen molar-refractivity contribution in [3.63, 3.8) is 0 Å². The van der Waals surface area contributed by atoms with Crippen LogP contribution in [0.25, 0.3) is 0 Å². The van der Waals surface area contributed by atoms with Gasteiger partial charge in [0.15, 0.2) is 0 Å². The molecule has 0 aromatic rings. The fraction of sp³-hybridized carbons (Fsp3) is 1.00. The van der Waals surface area contributed by atoms with Gasteiger partial charge >= 0.3 is 0 Å². The normalized spacial score (nSPS) is 28.7. The van der Waals surface area contributed by atoms with Gasteiger partial charge in [0.1, 0.15) is 12.2 Å². The Kier molecular flexibility index (Phi) is 5.60. The SMILES string of the molecule is C[C@@H](O)[C@H](O)[C@H](O)[C@@H](O)CNC1CCNC1. The van der Waals surface area contributed by atoms with Crippen LogP contribution in [0.5, 0.6) is 0 Å². The van der Waals surface area contributed by atoms with Gasteiger partial charge < -0.3 is 31.1 Å². The predicted molar refractivity (Wildman–Crippen MR) is 59.0 cm³/mol. The number of hydrogen-bond acceptors (Lipinski definition) is 6. The lowest BCUT2D eigenvalue weighted by atomic mass is 10.0. The Bertz CT molecular complexity index is 197. The third kappa shape index (κ3) is 3.97. The molecule has 6 N–H and O–H groups in total. The van der Waals surface area contributed by atoms with E-state index in [1.807, 2.05) is 0 Å². The van der Waals surface area contributed by atoms with Gasteiger partial charge in [0.05, 0.1) is 12.2 Å². The summed E-state index contributed by atoms with van der Waals surface area (Å²) < 4.78 is 0. The minimum absolute atomic E-state index is 0.206. The van der Waals surface area contributed by atoms with Crippen LogP contribution in [0.3, 0.4) is 0 Å². The van der Waals surface area contributed by atoms with Crippen molar-refractivity contribution in [3.05, 3.63) is 0 Å². The number of rotatable bonds is 6. The molecule has 1 heterocycles. The van der Waals surface area contributed by atoms with Gasteiger partial charge in [-0.15, -0.1) is 0 Å². The Morgan fingerprint density at radius 3 is 2.44 bits per heavy atom. The maximum Gasteiger partial charge on any atom is 0.109 e. The first kappa shape index (κ1) is 13.8. The van der Waals surface area contributed by atoms with Gasteiger partial charge in [-0.25, -0.2) is 0 Å². The number of hydrogen-bond donors (Lipinski definition) is 6. The van der Waals surface area contributed by atoms with Crippen molar-refractivity contribution in [3.8, 4) is 0 Å². The molecule has 1 aliphatic heterocycles. The molecule has 1 fully saturated rings. The van der Waals surface area contributed by atoms with Crippen LogP contribution in [0.4, 0.5) is 0 Å². The molecule has 6 nitrogen and oxygen atoms in total. The smallest absolute Gasteiger partial charge is 0.109 e. The van der Waals surface area contributed by atoms with E-state index in [1.54, 1.807) is 0 Å². The average molecular weight is 234 g/mol. The van der Waals surface area contributed by atoms with Crippen molar-refractivity contribution in [1.29, 1.82) is 0 Å². The summed E-state index contributed by atoms with van der Waals surface area (Å²) in [4.78, 5) is 0. The second-order valence-corrected chi connectivity index (χ2v) is 4.39. The summed E-state index contributed by atoms with van der Waals surface area (Å²) in [6.45, 7) is 3.38. The monoisotopic (exact) mass is 234 g/mol. The van der Waals surface area contributed by atoms with Crippen LogP contribution in [-0.2, 0) is 0 Å². The van der Waals surface area contributed by atoms with Crippen LogP contribution in [0.15, 0.2) is 0 Å². The zero-order valence-corrected chi connectivity index (χ0v) is 9.50. The molecule has 16 heavy (non-hydrogen) atoms. The zero-order chi connectivity index (χ0) is 12.1. The summed E-state index contributed by atoms with van der Waals surface area (Å²) in [5, 5.41) is 43.8. The average Bonchev–Trinajstić information content (AvgIpc) is 2.76. The molecule has 0 spiro atoms. The summed E-state index contributed by atoms with van der Waals surface area (Å²) in [5.74, 6) is 0. The highest BCUT2D eigenvalue weighted by Gasteiger charge is 2.28. The molecule has 96 valence electrons. The lowest BCUT2D eigenvalue weighted by Gasteiger charge is -2.25. The predicted octanol–water partition coefficient (Wildman–Crippen LogP) is -2.60. The van der Waals surface area contributed by atoms with Gasteiger partial charge in [0.25, 0.3) is 0 Å². The van der Waals surface area contributed by atoms with E-state index in [2.05, 4.69) is 10.6 Å². The first-order chi connectivity index (χ1) is 7.52. The van der Waals surface area contributed by atoms with E-state index in [0.717, 1.165) is 19.5 Å². The third-order valence-electron chi connectivity index (χ3n) is 2.91. The molecule has 5 atom stereocenters. The first-order valence-corrected chi connectivity index (χ1v) is 5.68. The van der Waals surface area contributed by atoms with Crippen LogP contribution < -0.4 is 10.6 Å². The van der Waals surface area contributed by atoms with Gasteiger partial charge in [-0.1, -0.05) is 0 Å². The lowest BCUT2D eigenvalue weighted by Crippen LogP contribution is -2.49. The van der Waals surface area contributed by atoms with E-state index < -0.39 is 24.4 Å². The molecule has 1 saturated heterocycles. The molecule has 0 aromatic carbocycles. The highest BCUT2D eigenvalue weighted by atomic mass is 16.4. The Morgan fingerprint density at radius 1 is 1.25 bits per heavy atom. The molecule has 6 heteroatoms. The topological polar surface area (TPSA) is 105 Å². The van der Waals surface area contributed by atoms with Crippen molar-refractivity contribution in [1.82, 2.24) is 10.6 Å². The van der Waals surface area contributed by atoms with Gasteiger partial charge in [-0.05, 0) is 19.9 Å². The number of nitrogens with one attached hydrogen (secondary N) is 2. The second kappa shape index (κ2) is 6.48. The van der Waals surface area contributed by atoms with Crippen LogP contribution >= 0.6 is 0 Å². The summed E-state index contributed by atoms with van der Waals surface area (Å²) in [6, 6.07) is 0.297. The Morgan fingerprint density at radius 2 is 1.94 bits per heavy atom. The molecule has 1 rings (SSSR count). The second-order valence-electron chi connectivity index (χ2n) is 4.39. The maximum absolute atomic E-state index is 9.59. The van der Waals surface area contributed by atoms with E-state index in [9.17, 15) is 15.3 Å². The van der Waals surface area contributed by atoms with E-state index in [1.165, 1.54) is 6.92 Å². The fourth-order valence-corrected chi connectivity index (χ4v) is 1.75. The fourth-order valence-electron chi connectivity index (χ4n) is 1.75. The quantitative estimate of drug-likeness (QED) is 0.301. The highest BCUT2D eigenvalue weighted by molar-refractivity contribution is 4.83. The zero-order valence-electron chi connectivity index (χ0n) is 9.50. The lowest BCUT2D eigenvalue weighted by molar-refractivity contribution is -0.0989. The van der Waals surface area contributed by atoms with Crippen LogP contribution in [0.2, 0.25) is 0 Å². The standard InChI is InChI=1S/C10H22N2O4/c1-6(13)9(15)10(16)8(14)5-12-7-2-3-11-4-7/h6-16H,2-5H2,1H3/t6-,7?,8+,9+,10-/m1/s1. The van der Waals surface area contributed by atoms with Crippen molar-refractivity contribution >= 4 is 0 Å². The third-order valence-corrected chi connectivity index (χ3v) is 2.91. The first-order valence-electron chi connectivity index (χ1n) is 5.68. The van der Waals surface area contributed by atoms with Gasteiger partial charge in [0, 0.05) is 19.1 Å². The van der Waals surface area contributed by atoms with Crippen LogP contribution in [-0.4, -0.2) is 70.5 Å². The van der Waals surface area contributed by atoms with Gasteiger partial charge in [0.2, 0.25) is 0 Å². The molecule has 0 bridgehead atoms. The van der Waals surface area contributed by atoms with Crippen molar-refractivity contribution in [2.75, 3.05) is 19.6 Å². The largest absolute Gasteiger partial charge is 0.391 e. The summed E-state index contributed by atoms with van der Waals surface area (Å²) in [5.41, 5.74) is 0. The van der Waals surface area contributed by atoms with Gasteiger partial charge in [-0.3, -0.25) is 0 Å². The molecule has 0 radical (unpaired) electrons. The van der Waals surface area contributed by atoms with Crippen LogP contribution in [0.1, 0.15) is 13.3 Å². The summed E-state index contributed by atoms with van der Waals surface area (Å²) >= 11 is 0. The summed E-state index contributed by atoms with van der Waals surface area (Å²) in [7, 11) is 0. The molecule has 0 aliphatic carbocycles. The van der Waals surface area contributed by atoms with E-state index >= 15 is 0 Å². The number of aliphatic hydroxyl groups is 4.